The second-order valence-electron chi connectivity index (χ2n) is 4.58. The molecule has 1 aromatic carbocycles. The number of ether oxygens (including phenoxy) is 1. The largest absolute Gasteiger partial charge is 0.372 e. The van der Waals surface area contributed by atoms with E-state index in [2.05, 4.69) is 10.4 Å². The van der Waals surface area contributed by atoms with Gasteiger partial charge in [0.15, 0.2) is 0 Å². The predicted molar refractivity (Wildman–Crippen MR) is 69.5 cm³/mol. The zero-order valence-electron chi connectivity index (χ0n) is 10.6. The molecular formula is C13H16FN3O. The number of aromatic nitrogens is 1. The van der Waals surface area contributed by atoms with Crippen molar-refractivity contribution in [2.24, 2.45) is 5.84 Å². The van der Waals surface area contributed by atoms with Crippen molar-refractivity contribution in [1.82, 2.24) is 4.98 Å². The van der Waals surface area contributed by atoms with Crippen molar-refractivity contribution in [2.75, 3.05) is 12.5 Å². The number of hydrogen-bond donors (Lipinski definition) is 2. The van der Waals surface area contributed by atoms with E-state index in [1.54, 1.807) is 13.2 Å². The molecule has 0 saturated carbocycles. The smallest absolute Gasteiger partial charge is 0.125 e. The highest BCUT2D eigenvalue weighted by atomic mass is 19.1. The first-order valence-corrected chi connectivity index (χ1v) is 5.60. The van der Waals surface area contributed by atoms with Crippen LogP contribution in [-0.4, -0.2) is 12.1 Å². The monoisotopic (exact) mass is 249 g/mol. The third-order valence-corrected chi connectivity index (χ3v) is 3.02. The fourth-order valence-electron chi connectivity index (χ4n) is 1.81. The Bertz CT molecular complexity index is 584. The van der Waals surface area contributed by atoms with Crippen LogP contribution in [0.1, 0.15) is 19.5 Å². The lowest BCUT2D eigenvalue weighted by molar-refractivity contribution is 0.0164. The summed E-state index contributed by atoms with van der Waals surface area (Å²) < 4.78 is 18.6. The van der Waals surface area contributed by atoms with Gasteiger partial charge in [0, 0.05) is 18.6 Å². The molecule has 0 bridgehead atoms. The Balaban J connectivity index is 2.71. The van der Waals surface area contributed by atoms with Crippen molar-refractivity contribution in [3.63, 3.8) is 0 Å². The summed E-state index contributed by atoms with van der Waals surface area (Å²) >= 11 is 0. The molecule has 1 aromatic heterocycles. The van der Waals surface area contributed by atoms with Crippen LogP contribution >= 0.6 is 0 Å². The standard InChI is InChI=1S/C13H16FN3O/c1-13(2,18-3)12-11(17-15)6-8-4-5-9(14)7-10(8)16-12/h4-7,17H,15H2,1-3H3. The van der Waals surface area contributed by atoms with Gasteiger partial charge in [0.25, 0.3) is 0 Å². The molecule has 0 atom stereocenters. The first-order chi connectivity index (χ1) is 8.47. The van der Waals surface area contributed by atoms with Gasteiger partial charge in [0.05, 0.1) is 16.9 Å². The minimum Gasteiger partial charge on any atom is -0.372 e. The van der Waals surface area contributed by atoms with E-state index in [-0.39, 0.29) is 5.82 Å². The summed E-state index contributed by atoms with van der Waals surface area (Å²) in [5, 5.41) is 0.819. The Hall–Kier alpha value is -1.72. The lowest BCUT2D eigenvalue weighted by Crippen LogP contribution is -2.24. The van der Waals surface area contributed by atoms with E-state index in [1.807, 2.05) is 19.9 Å². The second-order valence-corrected chi connectivity index (χ2v) is 4.58. The highest BCUT2D eigenvalue weighted by Crippen LogP contribution is 2.31. The molecular weight excluding hydrogens is 233 g/mol. The Labute approximate surface area is 105 Å². The average Bonchev–Trinajstić information content (AvgIpc) is 2.37. The summed E-state index contributed by atoms with van der Waals surface area (Å²) in [5.74, 6) is 5.19. The first-order valence-electron chi connectivity index (χ1n) is 5.60. The van der Waals surface area contributed by atoms with Crippen LogP contribution < -0.4 is 11.3 Å². The molecule has 0 unspecified atom stereocenters. The molecule has 18 heavy (non-hydrogen) atoms. The number of hydrogen-bond acceptors (Lipinski definition) is 4. The first kappa shape index (κ1) is 12.7. The van der Waals surface area contributed by atoms with Crippen molar-refractivity contribution in [3.8, 4) is 0 Å². The Morgan fingerprint density at radius 1 is 1.33 bits per heavy atom. The SMILES string of the molecule is COC(C)(C)c1nc2cc(F)ccc2cc1NN. The number of fused-ring (bicyclic) bond motifs is 1. The average molecular weight is 249 g/mol. The van der Waals surface area contributed by atoms with Gasteiger partial charge in [-0.25, -0.2) is 9.37 Å². The number of rotatable bonds is 3. The summed E-state index contributed by atoms with van der Waals surface area (Å²) in [6.45, 7) is 3.75. The topological polar surface area (TPSA) is 60.2 Å². The number of pyridine rings is 1. The van der Waals surface area contributed by atoms with E-state index in [0.717, 1.165) is 5.39 Å². The quantitative estimate of drug-likeness (QED) is 0.648. The summed E-state index contributed by atoms with van der Waals surface area (Å²) in [7, 11) is 1.59. The summed E-state index contributed by atoms with van der Waals surface area (Å²) in [5.41, 5.74) is 3.89. The summed E-state index contributed by atoms with van der Waals surface area (Å²) in [6, 6.07) is 6.29. The number of hydrazine groups is 1. The van der Waals surface area contributed by atoms with Crippen LogP contribution in [-0.2, 0) is 10.3 Å². The van der Waals surface area contributed by atoms with Crippen molar-refractivity contribution < 1.29 is 9.13 Å². The van der Waals surface area contributed by atoms with Crippen LogP contribution in [0.2, 0.25) is 0 Å². The fraction of sp³-hybridized carbons (Fsp3) is 0.308. The Kier molecular flexibility index (Phi) is 3.19. The zero-order valence-corrected chi connectivity index (χ0v) is 10.6. The minimum absolute atomic E-state index is 0.315. The van der Waals surface area contributed by atoms with Gasteiger partial charge in [-0.1, -0.05) is 0 Å². The Morgan fingerprint density at radius 3 is 2.67 bits per heavy atom. The van der Waals surface area contributed by atoms with Gasteiger partial charge in [-0.15, -0.1) is 0 Å². The molecule has 1 heterocycles. The van der Waals surface area contributed by atoms with E-state index in [1.165, 1.54) is 12.1 Å². The van der Waals surface area contributed by atoms with E-state index in [4.69, 9.17) is 10.6 Å². The molecule has 0 radical (unpaired) electrons. The van der Waals surface area contributed by atoms with Crippen LogP contribution in [0.3, 0.4) is 0 Å². The van der Waals surface area contributed by atoms with E-state index >= 15 is 0 Å². The number of nitrogens with zero attached hydrogens (tertiary/aromatic N) is 1. The van der Waals surface area contributed by atoms with Crippen molar-refractivity contribution in [1.29, 1.82) is 0 Å². The van der Waals surface area contributed by atoms with Crippen LogP contribution in [0.25, 0.3) is 10.9 Å². The molecule has 2 rings (SSSR count). The maximum atomic E-state index is 13.2. The lowest BCUT2D eigenvalue weighted by Gasteiger charge is -2.25. The maximum absolute atomic E-state index is 13.2. The molecule has 5 heteroatoms. The molecule has 96 valence electrons. The normalized spacial score (nSPS) is 11.8. The van der Waals surface area contributed by atoms with Crippen LogP contribution in [0.5, 0.6) is 0 Å². The van der Waals surface area contributed by atoms with Crippen molar-refractivity contribution in [2.45, 2.75) is 19.4 Å². The number of anilines is 1. The number of benzene rings is 1. The molecule has 0 amide bonds. The van der Waals surface area contributed by atoms with E-state index in [0.29, 0.717) is 16.9 Å². The number of halogens is 1. The third kappa shape index (κ3) is 2.14. The molecule has 3 N–H and O–H groups in total. The number of nitrogens with one attached hydrogen (secondary N) is 1. The van der Waals surface area contributed by atoms with Gasteiger partial charge in [0.1, 0.15) is 11.4 Å². The van der Waals surface area contributed by atoms with Crippen molar-refractivity contribution in [3.05, 3.63) is 35.8 Å². The molecule has 4 nitrogen and oxygen atoms in total. The van der Waals surface area contributed by atoms with Gasteiger partial charge in [-0.3, -0.25) is 5.84 Å². The molecule has 0 fully saturated rings. The minimum atomic E-state index is -0.609. The van der Waals surface area contributed by atoms with Gasteiger partial charge >= 0.3 is 0 Å². The fourth-order valence-corrected chi connectivity index (χ4v) is 1.81. The third-order valence-electron chi connectivity index (χ3n) is 3.02. The van der Waals surface area contributed by atoms with Gasteiger partial charge in [0.2, 0.25) is 0 Å². The molecule has 0 spiro atoms. The zero-order chi connectivity index (χ0) is 13.3. The molecule has 0 saturated heterocycles. The van der Waals surface area contributed by atoms with E-state index in [9.17, 15) is 4.39 Å². The van der Waals surface area contributed by atoms with E-state index < -0.39 is 5.60 Å². The molecule has 0 aliphatic rings. The second kappa shape index (κ2) is 4.51. The highest BCUT2D eigenvalue weighted by molar-refractivity contribution is 5.83. The number of nitrogens with two attached hydrogens (primary N) is 1. The highest BCUT2D eigenvalue weighted by Gasteiger charge is 2.25. The molecule has 0 aliphatic carbocycles. The van der Waals surface area contributed by atoms with Gasteiger partial charge in [-0.2, -0.15) is 0 Å². The van der Waals surface area contributed by atoms with Crippen LogP contribution in [0.4, 0.5) is 10.1 Å². The van der Waals surface area contributed by atoms with Gasteiger partial charge in [-0.05, 0) is 32.0 Å². The maximum Gasteiger partial charge on any atom is 0.125 e. The van der Waals surface area contributed by atoms with Crippen LogP contribution in [0, 0.1) is 5.82 Å². The number of methoxy groups -OCH3 is 1. The molecule has 0 aliphatic heterocycles. The lowest BCUT2D eigenvalue weighted by atomic mass is 10.0. The predicted octanol–water partition coefficient (Wildman–Crippen LogP) is 2.54. The van der Waals surface area contributed by atoms with Gasteiger partial charge < -0.3 is 10.2 Å². The summed E-state index contributed by atoms with van der Waals surface area (Å²) in [4.78, 5) is 4.44. The summed E-state index contributed by atoms with van der Waals surface area (Å²) in [6.07, 6.45) is 0. The molecule has 2 aromatic rings. The Morgan fingerprint density at radius 2 is 2.06 bits per heavy atom. The van der Waals surface area contributed by atoms with Crippen LogP contribution in [0.15, 0.2) is 24.3 Å². The van der Waals surface area contributed by atoms with Crippen molar-refractivity contribution >= 4 is 16.6 Å². The number of nitrogen functional groups attached to an aromatic ring is 1.